The van der Waals surface area contributed by atoms with Crippen molar-refractivity contribution in [3.63, 3.8) is 0 Å². The molecule has 1 saturated heterocycles. The van der Waals surface area contributed by atoms with E-state index < -0.39 is 11.7 Å². The Morgan fingerprint density at radius 3 is 2.34 bits per heavy atom. The Kier molecular flexibility index (Phi) is 13.2. The highest BCUT2D eigenvalue weighted by molar-refractivity contribution is 5.95. The molecule has 0 spiro atoms. The monoisotopic (exact) mass is 577 g/mol. The van der Waals surface area contributed by atoms with E-state index >= 15 is 0 Å². The Hall–Kier alpha value is -3.01. The Morgan fingerprint density at radius 2 is 1.76 bits per heavy atom. The lowest BCUT2D eigenvalue weighted by Crippen LogP contribution is -2.57. The Labute approximate surface area is 246 Å². The molecule has 1 aliphatic rings. The standard InChI is InChI=1S/C31H51N3O7/c1-21(2)15-28(35)32-18-23-16-25(20-33(19-23)30(37)41-31(5,6)7)34(22(3)4)29(36)24-11-12-26(39-9)27(17-24)40-14-10-13-38-8/h11-12,17,21-23,25H,10,13-16,18-20H2,1-9H3,(H,32,35). The van der Waals surface area contributed by atoms with Gasteiger partial charge < -0.3 is 34.1 Å². The van der Waals surface area contributed by atoms with Crippen molar-refractivity contribution in [1.82, 2.24) is 15.1 Å². The first-order chi connectivity index (χ1) is 19.2. The van der Waals surface area contributed by atoms with E-state index in [0.717, 1.165) is 0 Å². The van der Waals surface area contributed by atoms with Gasteiger partial charge in [0, 0.05) is 57.8 Å². The van der Waals surface area contributed by atoms with E-state index in [1.807, 2.05) is 53.4 Å². The molecule has 232 valence electrons. The van der Waals surface area contributed by atoms with Crippen molar-refractivity contribution in [3.8, 4) is 11.5 Å². The van der Waals surface area contributed by atoms with Crippen molar-refractivity contribution in [2.75, 3.05) is 47.1 Å². The molecule has 10 heteroatoms. The minimum absolute atomic E-state index is 0.0148. The van der Waals surface area contributed by atoms with Crippen LogP contribution in [-0.2, 0) is 14.3 Å². The van der Waals surface area contributed by atoms with Gasteiger partial charge in [0.15, 0.2) is 11.5 Å². The molecule has 0 saturated carbocycles. The van der Waals surface area contributed by atoms with Crippen LogP contribution in [-0.4, -0.2) is 92.5 Å². The number of rotatable bonds is 13. The first-order valence-corrected chi connectivity index (χ1v) is 14.6. The lowest BCUT2D eigenvalue weighted by molar-refractivity contribution is -0.122. The first kappa shape index (κ1) is 34.2. The molecule has 1 aromatic carbocycles. The summed E-state index contributed by atoms with van der Waals surface area (Å²) >= 11 is 0. The largest absolute Gasteiger partial charge is 0.493 e. The van der Waals surface area contributed by atoms with Gasteiger partial charge in [-0.3, -0.25) is 9.59 Å². The van der Waals surface area contributed by atoms with E-state index in [2.05, 4.69) is 5.32 Å². The van der Waals surface area contributed by atoms with Crippen LogP contribution in [0.15, 0.2) is 18.2 Å². The molecule has 0 aliphatic carbocycles. The van der Waals surface area contributed by atoms with Gasteiger partial charge in [0.05, 0.1) is 19.8 Å². The van der Waals surface area contributed by atoms with Crippen LogP contribution in [0.2, 0.25) is 0 Å². The molecule has 2 unspecified atom stereocenters. The van der Waals surface area contributed by atoms with Crippen molar-refractivity contribution < 1.29 is 33.3 Å². The van der Waals surface area contributed by atoms with E-state index in [-0.39, 0.29) is 35.7 Å². The second-order valence-corrected chi connectivity index (χ2v) is 12.4. The summed E-state index contributed by atoms with van der Waals surface area (Å²) in [7, 11) is 3.20. The van der Waals surface area contributed by atoms with E-state index in [4.69, 9.17) is 18.9 Å². The summed E-state index contributed by atoms with van der Waals surface area (Å²) in [6, 6.07) is 4.76. The molecule has 1 fully saturated rings. The number of ether oxygens (including phenoxy) is 4. The molecule has 2 rings (SSSR count). The summed E-state index contributed by atoms with van der Waals surface area (Å²) in [5, 5.41) is 3.03. The number of hydrogen-bond donors (Lipinski definition) is 1. The molecule has 0 bridgehead atoms. The topological polar surface area (TPSA) is 107 Å². The zero-order valence-electron chi connectivity index (χ0n) is 26.5. The van der Waals surface area contributed by atoms with Crippen LogP contribution in [0.3, 0.4) is 0 Å². The van der Waals surface area contributed by atoms with Crippen LogP contribution in [0.5, 0.6) is 11.5 Å². The van der Waals surface area contributed by atoms with Gasteiger partial charge >= 0.3 is 6.09 Å². The lowest BCUT2D eigenvalue weighted by Gasteiger charge is -2.44. The molecular weight excluding hydrogens is 526 g/mol. The number of likely N-dealkylation sites (tertiary alicyclic amines) is 1. The fraction of sp³-hybridized carbons (Fsp3) is 0.710. The predicted octanol–water partition coefficient (Wildman–Crippen LogP) is 4.75. The number of carbonyl (C=O) groups excluding carboxylic acids is 3. The van der Waals surface area contributed by atoms with E-state index in [1.54, 1.807) is 37.3 Å². The molecular formula is C31H51N3O7. The minimum Gasteiger partial charge on any atom is -0.493 e. The molecule has 3 amide bonds. The van der Waals surface area contributed by atoms with Crippen molar-refractivity contribution in [3.05, 3.63) is 23.8 Å². The third kappa shape index (κ3) is 11.1. The highest BCUT2D eigenvalue weighted by Gasteiger charge is 2.38. The third-order valence-electron chi connectivity index (χ3n) is 6.69. The van der Waals surface area contributed by atoms with Gasteiger partial charge in [0.25, 0.3) is 5.91 Å². The molecule has 0 aromatic heterocycles. The first-order valence-electron chi connectivity index (χ1n) is 14.6. The number of carbonyl (C=O) groups is 3. The zero-order valence-corrected chi connectivity index (χ0v) is 26.5. The summed E-state index contributed by atoms with van der Waals surface area (Å²) in [5.41, 5.74) is -0.182. The van der Waals surface area contributed by atoms with Crippen LogP contribution >= 0.6 is 0 Å². The summed E-state index contributed by atoms with van der Waals surface area (Å²) in [6.45, 7) is 15.6. The van der Waals surface area contributed by atoms with Crippen molar-refractivity contribution in [2.24, 2.45) is 11.8 Å². The maximum atomic E-state index is 14.0. The quantitative estimate of drug-likeness (QED) is 0.337. The van der Waals surface area contributed by atoms with Gasteiger partial charge in [0.1, 0.15) is 5.60 Å². The number of methoxy groups -OCH3 is 2. The number of nitrogens with one attached hydrogen (secondary N) is 1. The van der Waals surface area contributed by atoms with E-state index in [0.29, 0.717) is 69.2 Å². The molecule has 41 heavy (non-hydrogen) atoms. The van der Waals surface area contributed by atoms with Crippen LogP contribution in [0.1, 0.15) is 78.1 Å². The van der Waals surface area contributed by atoms with Crippen molar-refractivity contribution >= 4 is 17.9 Å². The Bertz CT molecular complexity index is 1010. The summed E-state index contributed by atoms with van der Waals surface area (Å²) in [4.78, 5) is 43.1. The Balaban J connectivity index is 2.32. The van der Waals surface area contributed by atoms with Crippen LogP contribution in [0, 0.1) is 11.8 Å². The molecule has 10 nitrogen and oxygen atoms in total. The zero-order chi connectivity index (χ0) is 30.7. The second-order valence-electron chi connectivity index (χ2n) is 12.4. The van der Waals surface area contributed by atoms with Gasteiger partial charge in [-0.2, -0.15) is 0 Å². The number of piperidine rings is 1. The SMILES string of the molecule is COCCCOc1cc(C(=O)N(C(C)C)C2CC(CNC(=O)CC(C)C)CN(C(=O)OC(C)(C)C)C2)ccc1OC. The average Bonchev–Trinajstić information content (AvgIpc) is 2.88. The molecule has 1 aromatic rings. The van der Waals surface area contributed by atoms with Gasteiger partial charge in [-0.05, 0) is 71.1 Å². The van der Waals surface area contributed by atoms with Crippen LogP contribution in [0.25, 0.3) is 0 Å². The molecule has 0 radical (unpaired) electrons. The van der Waals surface area contributed by atoms with Gasteiger partial charge in [-0.15, -0.1) is 0 Å². The highest BCUT2D eigenvalue weighted by atomic mass is 16.6. The summed E-state index contributed by atoms with van der Waals surface area (Å²) < 4.78 is 22.2. The number of benzene rings is 1. The predicted molar refractivity (Wildman–Crippen MR) is 158 cm³/mol. The van der Waals surface area contributed by atoms with Crippen molar-refractivity contribution in [1.29, 1.82) is 0 Å². The number of hydrogen-bond acceptors (Lipinski definition) is 7. The fourth-order valence-electron chi connectivity index (χ4n) is 4.98. The maximum absolute atomic E-state index is 14.0. The number of nitrogens with zero attached hydrogens (tertiary/aromatic N) is 2. The molecule has 1 heterocycles. The summed E-state index contributed by atoms with van der Waals surface area (Å²) in [6.07, 6.45) is 1.36. The van der Waals surface area contributed by atoms with E-state index in [1.165, 1.54) is 0 Å². The van der Waals surface area contributed by atoms with E-state index in [9.17, 15) is 14.4 Å². The normalized spacial score (nSPS) is 17.4. The average molecular weight is 578 g/mol. The maximum Gasteiger partial charge on any atom is 0.410 e. The Morgan fingerprint density at radius 1 is 1.05 bits per heavy atom. The smallest absolute Gasteiger partial charge is 0.410 e. The van der Waals surface area contributed by atoms with Crippen LogP contribution in [0.4, 0.5) is 4.79 Å². The van der Waals surface area contributed by atoms with Gasteiger partial charge in [-0.25, -0.2) is 4.79 Å². The van der Waals surface area contributed by atoms with Gasteiger partial charge in [-0.1, -0.05) is 13.8 Å². The van der Waals surface area contributed by atoms with Gasteiger partial charge in [0.2, 0.25) is 5.91 Å². The third-order valence-corrected chi connectivity index (χ3v) is 6.69. The minimum atomic E-state index is -0.651. The fourth-order valence-corrected chi connectivity index (χ4v) is 4.98. The molecule has 1 N–H and O–H groups in total. The van der Waals surface area contributed by atoms with Crippen LogP contribution < -0.4 is 14.8 Å². The lowest BCUT2D eigenvalue weighted by atomic mass is 9.91. The second kappa shape index (κ2) is 15.8. The van der Waals surface area contributed by atoms with Crippen molar-refractivity contribution in [2.45, 2.75) is 85.4 Å². The molecule has 2 atom stereocenters. The number of amides is 3. The summed E-state index contributed by atoms with van der Waals surface area (Å²) in [5.74, 6) is 1.06. The highest BCUT2D eigenvalue weighted by Crippen LogP contribution is 2.31. The molecule has 1 aliphatic heterocycles.